The molecule has 5 nitrogen and oxygen atoms in total. The summed E-state index contributed by atoms with van der Waals surface area (Å²) in [7, 11) is 1.75. The first kappa shape index (κ1) is 18.0. The Morgan fingerprint density at radius 3 is 2.62 bits per heavy atom. The molecule has 0 radical (unpaired) electrons. The van der Waals surface area contributed by atoms with Crippen molar-refractivity contribution in [2.75, 3.05) is 23.3 Å². The van der Waals surface area contributed by atoms with Gasteiger partial charge in [0.2, 0.25) is 5.91 Å². The number of benzene rings is 1. The molecule has 26 heavy (non-hydrogen) atoms. The SMILES string of the molecule is Cn1cc(/C=C/C(=O)Nc2cc(C(F)(F)F)ccc2N2CCCC2)cn1. The van der Waals surface area contributed by atoms with Gasteiger partial charge in [0.1, 0.15) is 0 Å². The fraction of sp³-hybridized carbons (Fsp3) is 0.333. The molecule has 1 saturated heterocycles. The number of amides is 1. The Hall–Kier alpha value is -2.77. The van der Waals surface area contributed by atoms with E-state index >= 15 is 0 Å². The zero-order valence-electron chi connectivity index (χ0n) is 14.3. The number of halogens is 3. The van der Waals surface area contributed by atoms with Crippen molar-refractivity contribution in [3.63, 3.8) is 0 Å². The van der Waals surface area contributed by atoms with E-state index in [-0.39, 0.29) is 5.69 Å². The lowest BCUT2D eigenvalue weighted by Gasteiger charge is -2.22. The van der Waals surface area contributed by atoms with Crippen LogP contribution in [-0.2, 0) is 18.0 Å². The van der Waals surface area contributed by atoms with Gasteiger partial charge in [0, 0.05) is 38.0 Å². The van der Waals surface area contributed by atoms with Gasteiger partial charge in [-0.3, -0.25) is 9.48 Å². The van der Waals surface area contributed by atoms with Crippen LogP contribution in [0, 0.1) is 0 Å². The van der Waals surface area contributed by atoms with Gasteiger partial charge >= 0.3 is 6.18 Å². The van der Waals surface area contributed by atoms with Gasteiger partial charge in [-0.05, 0) is 37.1 Å². The molecule has 0 aliphatic carbocycles. The molecule has 0 saturated carbocycles. The minimum absolute atomic E-state index is 0.169. The quantitative estimate of drug-likeness (QED) is 0.842. The molecule has 1 fully saturated rings. The van der Waals surface area contributed by atoms with E-state index < -0.39 is 17.6 Å². The van der Waals surface area contributed by atoms with E-state index in [9.17, 15) is 18.0 Å². The van der Waals surface area contributed by atoms with Crippen molar-refractivity contribution in [2.45, 2.75) is 19.0 Å². The maximum Gasteiger partial charge on any atom is 0.416 e. The first-order chi connectivity index (χ1) is 12.3. The van der Waals surface area contributed by atoms with E-state index in [1.54, 1.807) is 30.2 Å². The molecule has 1 aromatic heterocycles. The van der Waals surface area contributed by atoms with Crippen molar-refractivity contribution in [3.05, 3.63) is 47.8 Å². The summed E-state index contributed by atoms with van der Waals surface area (Å²) in [6.45, 7) is 1.53. The van der Waals surface area contributed by atoms with Gasteiger partial charge in [-0.25, -0.2) is 0 Å². The normalized spacial score (nSPS) is 15.0. The summed E-state index contributed by atoms with van der Waals surface area (Å²) in [5, 5.41) is 6.57. The first-order valence-electron chi connectivity index (χ1n) is 8.27. The molecule has 1 aliphatic heterocycles. The van der Waals surface area contributed by atoms with Gasteiger partial charge in [0.15, 0.2) is 0 Å². The molecule has 1 amide bonds. The highest BCUT2D eigenvalue weighted by molar-refractivity contribution is 6.03. The number of carbonyl (C=O) groups excluding carboxylic acids is 1. The summed E-state index contributed by atoms with van der Waals surface area (Å²) in [4.78, 5) is 14.2. The van der Waals surface area contributed by atoms with Crippen molar-refractivity contribution in [2.24, 2.45) is 7.05 Å². The molecule has 2 heterocycles. The highest BCUT2D eigenvalue weighted by Crippen LogP contribution is 2.36. The van der Waals surface area contributed by atoms with Gasteiger partial charge < -0.3 is 10.2 Å². The maximum absolute atomic E-state index is 13.0. The lowest BCUT2D eigenvalue weighted by Crippen LogP contribution is -2.21. The third-order valence-corrected chi connectivity index (χ3v) is 4.18. The fourth-order valence-corrected chi connectivity index (χ4v) is 2.92. The van der Waals surface area contributed by atoms with Crippen LogP contribution in [0.1, 0.15) is 24.0 Å². The van der Waals surface area contributed by atoms with Crippen LogP contribution in [-0.4, -0.2) is 28.8 Å². The Balaban J connectivity index is 1.83. The number of rotatable bonds is 4. The van der Waals surface area contributed by atoms with E-state index in [4.69, 9.17) is 0 Å². The maximum atomic E-state index is 13.0. The van der Waals surface area contributed by atoms with Crippen LogP contribution in [0.25, 0.3) is 6.08 Å². The number of nitrogens with zero attached hydrogens (tertiary/aromatic N) is 3. The van der Waals surface area contributed by atoms with Crippen molar-refractivity contribution in [1.29, 1.82) is 0 Å². The second-order valence-electron chi connectivity index (χ2n) is 6.19. The summed E-state index contributed by atoms with van der Waals surface area (Å²) >= 11 is 0. The summed E-state index contributed by atoms with van der Waals surface area (Å²) in [6.07, 6.45) is 3.66. The topological polar surface area (TPSA) is 50.2 Å². The Morgan fingerprint density at radius 1 is 1.27 bits per heavy atom. The number of aromatic nitrogens is 2. The molecule has 1 aliphatic rings. The molecule has 0 atom stereocenters. The number of aryl methyl sites for hydroxylation is 1. The predicted molar refractivity (Wildman–Crippen MR) is 93.8 cm³/mol. The number of nitrogens with one attached hydrogen (secondary N) is 1. The van der Waals surface area contributed by atoms with Gasteiger partial charge in [0.25, 0.3) is 0 Å². The van der Waals surface area contributed by atoms with E-state index in [1.807, 2.05) is 4.90 Å². The van der Waals surface area contributed by atoms with Crippen LogP contribution in [0.5, 0.6) is 0 Å². The summed E-state index contributed by atoms with van der Waals surface area (Å²) in [6, 6.07) is 3.47. The molecule has 3 rings (SSSR count). The van der Waals surface area contributed by atoms with Gasteiger partial charge in [0.05, 0.1) is 23.1 Å². The Morgan fingerprint density at radius 2 is 2.00 bits per heavy atom. The zero-order chi connectivity index (χ0) is 18.7. The van der Waals surface area contributed by atoms with Crippen LogP contribution < -0.4 is 10.2 Å². The molecule has 1 aromatic carbocycles. The fourth-order valence-electron chi connectivity index (χ4n) is 2.92. The Labute approximate surface area is 149 Å². The molecule has 8 heteroatoms. The second-order valence-corrected chi connectivity index (χ2v) is 6.19. The summed E-state index contributed by atoms with van der Waals surface area (Å²) < 4.78 is 40.7. The zero-order valence-corrected chi connectivity index (χ0v) is 14.3. The van der Waals surface area contributed by atoms with Crippen LogP contribution in [0.4, 0.5) is 24.5 Å². The largest absolute Gasteiger partial charge is 0.416 e. The van der Waals surface area contributed by atoms with Crippen LogP contribution in [0.3, 0.4) is 0 Å². The third-order valence-electron chi connectivity index (χ3n) is 4.18. The number of hydrogen-bond donors (Lipinski definition) is 1. The molecule has 0 bridgehead atoms. The van der Waals surface area contributed by atoms with Crippen LogP contribution >= 0.6 is 0 Å². The van der Waals surface area contributed by atoms with Crippen molar-refractivity contribution in [1.82, 2.24) is 9.78 Å². The summed E-state index contributed by atoms with van der Waals surface area (Å²) in [5.41, 5.74) is 0.722. The van der Waals surface area contributed by atoms with E-state index in [0.29, 0.717) is 5.69 Å². The molecule has 2 aromatic rings. The monoisotopic (exact) mass is 364 g/mol. The number of anilines is 2. The number of carbonyl (C=O) groups is 1. The molecular formula is C18H19F3N4O. The number of alkyl halides is 3. The summed E-state index contributed by atoms with van der Waals surface area (Å²) in [5.74, 6) is -0.492. The first-order valence-corrected chi connectivity index (χ1v) is 8.27. The average molecular weight is 364 g/mol. The average Bonchev–Trinajstić information content (AvgIpc) is 3.24. The minimum Gasteiger partial charge on any atom is -0.370 e. The standard InChI is InChI=1S/C18H19F3N4O/c1-24-12-13(11-22-24)4-7-17(26)23-15-10-14(18(19,20)21)5-6-16(15)25-8-2-3-9-25/h4-7,10-12H,2-3,8-9H2,1H3,(H,23,26)/b7-4+. The van der Waals surface area contributed by atoms with Gasteiger partial charge in [-0.15, -0.1) is 0 Å². The van der Waals surface area contributed by atoms with E-state index in [2.05, 4.69) is 10.4 Å². The molecule has 0 unspecified atom stereocenters. The Bertz CT molecular complexity index is 820. The van der Waals surface area contributed by atoms with Crippen LogP contribution in [0.2, 0.25) is 0 Å². The highest BCUT2D eigenvalue weighted by atomic mass is 19.4. The lowest BCUT2D eigenvalue weighted by atomic mass is 10.1. The third kappa shape index (κ3) is 4.25. The van der Waals surface area contributed by atoms with Gasteiger partial charge in [-0.1, -0.05) is 0 Å². The smallest absolute Gasteiger partial charge is 0.370 e. The van der Waals surface area contributed by atoms with Crippen molar-refractivity contribution >= 4 is 23.4 Å². The molecule has 138 valence electrons. The van der Waals surface area contributed by atoms with Gasteiger partial charge in [-0.2, -0.15) is 18.3 Å². The Kier molecular flexibility index (Phi) is 5.01. The van der Waals surface area contributed by atoms with E-state index in [1.165, 1.54) is 12.1 Å². The van der Waals surface area contributed by atoms with E-state index in [0.717, 1.165) is 43.6 Å². The lowest BCUT2D eigenvalue weighted by molar-refractivity contribution is -0.137. The van der Waals surface area contributed by atoms with Crippen LogP contribution in [0.15, 0.2) is 36.7 Å². The van der Waals surface area contributed by atoms with Crippen molar-refractivity contribution in [3.8, 4) is 0 Å². The molecule has 0 spiro atoms. The van der Waals surface area contributed by atoms with Crippen molar-refractivity contribution < 1.29 is 18.0 Å². The minimum atomic E-state index is -4.46. The molecule has 1 N–H and O–H groups in total. The molecular weight excluding hydrogens is 345 g/mol. The highest BCUT2D eigenvalue weighted by Gasteiger charge is 2.31. The second kappa shape index (κ2) is 7.23. The predicted octanol–water partition coefficient (Wildman–Crippen LogP) is 3.69. The number of hydrogen-bond acceptors (Lipinski definition) is 3.